The molecule has 0 spiro atoms. The Kier molecular flexibility index (Phi) is 2.94. The van der Waals surface area contributed by atoms with E-state index in [1.165, 1.54) is 12.5 Å². The highest BCUT2D eigenvalue weighted by atomic mass is 16.4. The molecule has 2 N–H and O–H groups in total. The molecule has 0 unspecified atom stereocenters. The Hall–Kier alpha value is -1.78. The van der Waals surface area contributed by atoms with Crippen LogP contribution in [-0.2, 0) is 4.79 Å². The Morgan fingerprint density at radius 1 is 1.44 bits per heavy atom. The summed E-state index contributed by atoms with van der Waals surface area (Å²) in [5, 5.41) is 11.6. The van der Waals surface area contributed by atoms with Crippen molar-refractivity contribution in [2.75, 3.05) is 0 Å². The van der Waals surface area contributed by atoms with Crippen LogP contribution in [0.4, 0.5) is 0 Å². The zero-order chi connectivity index (χ0) is 11.5. The van der Waals surface area contributed by atoms with Gasteiger partial charge in [0.1, 0.15) is 6.26 Å². The molecule has 0 bridgehead atoms. The Balaban J connectivity index is 1.88. The lowest BCUT2D eigenvalue weighted by molar-refractivity contribution is -0.141. The molecule has 2 rings (SSSR count). The van der Waals surface area contributed by atoms with Gasteiger partial charge in [0.25, 0.3) is 5.91 Å². The van der Waals surface area contributed by atoms with Gasteiger partial charge >= 0.3 is 5.97 Å². The molecule has 2 atom stereocenters. The first-order valence-corrected chi connectivity index (χ1v) is 5.22. The summed E-state index contributed by atoms with van der Waals surface area (Å²) in [6, 6.07) is 1.54. The van der Waals surface area contributed by atoms with E-state index in [2.05, 4.69) is 5.32 Å². The van der Waals surface area contributed by atoms with Crippen molar-refractivity contribution >= 4 is 11.9 Å². The molecule has 86 valence electrons. The SMILES string of the molecule is O=C(N[C@H]1CC[C@@H](C(=O)O)C1)c1ccoc1. The smallest absolute Gasteiger partial charge is 0.306 e. The number of hydrogen-bond donors (Lipinski definition) is 2. The van der Waals surface area contributed by atoms with Crippen molar-refractivity contribution in [3.63, 3.8) is 0 Å². The van der Waals surface area contributed by atoms with Crippen molar-refractivity contribution < 1.29 is 19.1 Å². The highest BCUT2D eigenvalue weighted by Crippen LogP contribution is 2.25. The van der Waals surface area contributed by atoms with Crippen LogP contribution in [0.2, 0.25) is 0 Å². The van der Waals surface area contributed by atoms with E-state index in [0.717, 1.165) is 6.42 Å². The summed E-state index contributed by atoms with van der Waals surface area (Å²) >= 11 is 0. The molecule has 1 heterocycles. The van der Waals surface area contributed by atoms with E-state index < -0.39 is 5.97 Å². The van der Waals surface area contributed by atoms with Crippen molar-refractivity contribution in [1.29, 1.82) is 0 Å². The second-order valence-electron chi connectivity index (χ2n) is 4.03. The number of carbonyl (C=O) groups excluding carboxylic acids is 1. The second kappa shape index (κ2) is 4.38. The maximum atomic E-state index is 11.6. The monoisotopic (exact) mass is 223 g/mol. The van der Waals surface area contributed by atoms with Gasteiger partial charge in [-0.05, 0) is 25.3 Å². The Bertz CT molecular complexity index is 385. The lowest BCUT2D eigenvalue weighted by atomic mass is 10.1. The van der Waals surface area contributed by atoms with Crippen molar-refractivity contribution in [3.8, 4) is 0 Å². The number of rotatable bonds is 3. The summed E-state index contributed by atoms with van der Waals surface area (Å²) in [7, 11) is 0. The van der Waals surface area contributed by atoms with Gasteiger partial charge in [-0.3, -0.25) is 9.59 Å². The Labute approximate surface area is 92.4 Å². The summed E-state index contributed by atoms with van der Waals surface area (Å²) in [5.74, 6) is -1.31. The second-order valence-corrected chi connectivity index (χ2v) is 4.03. The standard InChI is InChI=1S/C11H13NO4/c13-10(8-3-4-16-6-8)12-9-2-1-7(5-9)11(14)15/h3-4,6-7,9H,1-2,5H2,(H,12,13)(H,14,15)/t7-,9+/m1/s1. The van der Waals surface area contributed by atoms with Crippen LogP contribution in [0.5, 0.6) is 0 Å². The van der Waals surface area contributed by atoms with Gasteiger partial charge in [0.05, 0.1) is 17.7 Å². The van der Waals surface area contributed by atoms with Gasteiger partial charge in [0.15, 0.2) is 0 Å². The van der Waals surface area contributed by atoms with E-state index >= 15 is 0 Å². The predicted octanol–water partition coefficient (Wildman–Crippen LogP) is 1.26. The minimum Gasteiger partial charge on any atom is -0.481 e. The highest BCUT2D eigenvalue weighted by Gasteiger charge is 2.30. The van der Waals surface area contributed by atoms with Crippen LogP contribution in [-0.4, -0.2) is 23.0 Å². The van der Waals surface area contributed by atoms with Gasteiger partial charge in [-0.1, -0.05) is 0 Å². The first kappa shape index (κ1) is 10.7. The average molecular weight is 223 g/mol. The minimum absolute atomic E-state index is 0.0384. The fraction of sp³-hybridized carbons (Fsp3) is 0.455. The van der Waals surface area contributed by atoms with Crippen LogP contribution >= 0.6 is 0 Å². The summed E-state index contributed by atoms with van der Waals surface area (Å²) in [5.41, 5.74) is 0.471. The molecule has 5 heteroatoms. The third kappa shape index (κ3) is 2.24. The third-order valence-electron chi connectivity index (χ3n) is 2.90. The van der Waals surface area contributed by atoms with Crippen molar-refractivity contribution in [2.24, 2.45) is 5.92 Å². The molecule has 1 aliphatic carbocycles. The maximum Gasteiger partial charge on any atom is 0.306 e. The van der Waals surface area contributed by atoms with E-state index in [1.807, 2.05) is 0 Å². The molecule has 5 nitrogen and oxygen atoms in total. The predicted molar refractivity (Wildman–Crippen MR) is 54.9 cm³/mol. The number of carboxylic acid groups (broad SMARTS) is 1. The number of carboxylic acids is 1. The first-order chi connectivity index (χ1) is 7.66. The molecule has 1 aliphatic rings. The largest absolute Gasteiger partial charge is 0.481 e. The van der Waals surface area contributed by atoms with Crippen LogP contribution < -0.4 is 5.32 Å². The van der Waals surface area contributed by atoms with E-state index in [-0.39, 0.29) is 17.9 Å². The number of amides is 1. The van der Waals surface area contributed by atoms with Crippen LogP contribution in [0.15, 0.2) is 23.0 Å². The molecule has 1 aromatic rings. The fourth-order valence-corrected chi connectivity index (χ4v) is 2.00. The summed E-state index contributed by atoms with van der Waals surface area (Å²) in [6.07, 6.45) is 4.67. The third-order valence-corrected chi connectivity index (χ3v) is 2.90. The quantitative estimate of drug-likeness (QED) is 0.808. The summed E-state index contributed by atoms with van der Waals surface area (Å²) < 4.78 is 4.80. The Morgan fingerprint density at radius 3 is 2.81 bits per heavy atom. The maximum absolute atomic E-state index is 11.6. The fourth-order valence-electron chi connectivity index (χ4n) is 2.00. The van der Waals surface area contributed by atoms with Gasteiger partial charge in [0.2, 0.25) is 0 Å². The minimum atomic E-state index is -0.778. The van der Waals surface area contributed by atoms with Crippen molar-refractivity contribution in [1.82, 2.24) is 5.32 Å². The molecule has 0 aliphatic heterocycles. The number of carbonyl (C=O) groups is 2. The van der Waals surface area contributed by atoms with Gasteiger partial charge in [-0.15, -0.1) is 0 Å². The van der Waals surface area contributed by atoms with Gasteiger partial charge in [-0.25, -0.2) is 0 Å². The molecule has 1 fully saturated rings. The summed E-state index contributed by atoms with van der Waals surface area (Å²) in [4.78, 5) is 22.4. The Morgan fingerprint density at radius 2 is 2.25 bits per heavy atom. The topological polar surface area (TPSA) is 79.5 Å². The molecular formula is C11H13NO4. The molecule has 16 heavy (non-hydrogen) atoms. The van der Waals surface area contributed by atoms with Crippen LogP contribution in [0.1, 0.15) is 29.6 Å². The lowest BCUT2D eigenvalue weighted by Gasteiger charge is -2.11. The molecule has 1 saturated carbocycles. The zero-order valence-corrected chi connectivity index (χ0v) is 8.68. The van der Waals surface area contributed by atoms with Crippen LogP contribution in [0.3, 0.4) is 0 Å². The number of hydrogen-bond acceptors (Lipinski definition) is 3. The van der Waals surface area contributed by atoms with Gasteiger partial charge in [-0.2, -0.15) is 0 Å². The van der Waals surface area contributed by atoms with E-state index in [1.54, 1.807) is 6.07 Å². The first-order valence-electron chi connectivity index (χ1n) is 5.22. The van der Waals surface area contributed by atoms with Crippen molar-refractivity contribution in [2.45, 2.75) is 25.3 Å². The normalized spacial score (nSPS) is 24.2. The molecule has 0 aromatic carbocycles. The van der Waals surface area contributed by atoms with E-state index in [0.29, 0.717) is 18.4 Å². The number of nitrogens with one attached hydrogen (secondary N) is 1. The molecule has 1 aromatic heterocycles. The van der Waals surface area contributed by atoms with Crippen molar-refractivity contribution in [3.05, 3.63) is 24.2 Å². The average Bonchev–Trinajstić information content (AvgIpc) is 2.87. The molecular weight excluding hydrogens is 210 g/mol. The van der Waals surface area contributed by atoms with Gasteiger partial charge in [0, 0.05) is 6.04 Å². The molecule has 0 radical (unpaired) electrons. The summed E-state index contributed by atoms with van der Waals surface area (Å²) in [6.45, 7) is 0. The van der Waals surface area contributed by atoms with Gasteiger partial charge < -0.3 is 14.8 Å². The van der Waals surface area contributed by atoms with Crippen LogP contribution in [0.25, 0.3) is 0 Å². The molecule has 1 amide bonds. The number of aliphatic carboxylic acids is 1. The zero-order valence-electron chi connectivity index (χ0n) is 8.68. The highest BCUT2D eigenvalue weighted by molar-refractivity contribution is 5.94. The lowest BCUT2D eigenvalue weighted by Crippen LogP contribution is -2.33. The molecule has 0 saturated heterocycles. The van der Waals surface area contributed by atoms with E-state index in [4.69, 9.17) is 9.52 Å². The van der Waals surface area contributed by atoms with E-state index in [9.17, 15) is 9.59 Å². The van der Waals surface area contributed by atoms with Crippen LogP contribution in [0, 0.1) is 5.92 Å². The number of furan rings is 1.